The minimum Gasteiger partial charge on any atom is -0.303 e. The third-order valence-corrected chi connectivity index (χ3v) is 7.06. The fraction of sp³-hybridized carbons (Fsp3) is 0.429. The molecule has 0 bridgehead atoms. The predicted molar refractivity (Wildman–Crippen MR) is 132 cm³/mol. The predicted octanol–water partition coefficient (Wildman–Crippen LogP) is 5.91. The second-order valence-corrected chi connectivity index (χ2v) is 9.92. The lowest BCUT2D eigenvalue weighted by molar-refractivity contribution is 0.332. The maximum Gasteiger partial charge on any atom is 0.158 e. The van der Waals surface area contributed by atoms with Crippen molar-refractivity contribution in [1.82, 2.24) is 19.5 Å². The van der Waals surface area contributed by atoms with Crippen LogP contribution in [0.2, 0.25) is 0 Å². The van der Waals surface area contributed by atoms with Crippen LogP contribution in [0, 0.1) is 11.8 Å². The van der Waals surface area contributed by atoms with E-state index in [2.05, 4.69) is 79.5 Å². The topological polar surface area (TPSA) is 33.4 Å². The Bertz CT molecular complexity index is 1140. The molecule has 166 valence electrons. The Kier molecular flexibility index (Phi) is 5.97. The largest absolute Gasteiger partial charge is 0.303 e. The summed E-state index contributed by atoms with van der Waals surface area (Å²) in [5.74, 6) is 1.74. The summed E-state index contributed by atoms with van der Waals surface area (Å²) in [6.45, 7) is 10.5. The van der Waals surface area contributed by atoms with E-state index in [-0.39, 0.29) is 0 Å². The van der Waals surface area contributed by atoms with E-state index in [0.717, 1.165) is 36.5 Å². The second-order valence-electron chi connectivity index (χ2n) is 9.92. The summed E-state index contributed by atoms with van der Waals surface area (Å²) in [6.07, 6.45) is 16.5. The van der Waals surface area contributed by atoms with Gasteiger partial charge in [0.2, 0.25) is 0 Å². The van der Waals surface area contributed by atoms with Gasteiger partial charge >= 0.3 is 0 Å². The Labute approximate surface area is 191 Å². The molecule has 1 saturated heterocycles. The van der Waals surface area contributed by atoms with E-state index in [9.17, 15) is 0 Å². The van der Waals surface area contributed by atoms with Crippen LogP contribution in [0.5, 0.6) is 0 Å². The van der Waals surface area contributed by atoms with Crippen molar-refractivity contribution < 1.29 is 0 Å². The van der Waals surface area contributed by atoms with Gasteiger partial charge in [-0.05, 0) is 54.3 Å². The smallest absolute Gasteiger partial charge is 0.158 e. The maximum absolute atomic E-state index is 4.82. The van der Waals surface area contributed by atoms with Crippen LogP contribution in [0.1, 0.15) is 50.7 Å². The van der Waals surface area contributed by atoms with E-state index in [1.165, 1.54) is 41.8 Å². The Morgan fingerprint density at radius 3 is 2.69 bits per heavy atom. The third-order valence-electron chi connectivity index (χ3n) is 7.06. The number of hydrogen-bond donors (Lipinski definition) is 0. The normalized spacial score (nSPS) is 21.6. The van der Waals surface area contributed by atoms with E-state index in [4.69, 9.17) is 4.98 Å². The molecule has 0 saturated carbocycles. The van der Waals surface area contributed by atoms with Crippen molar-refractivity contribution in [2.75, 3.05) is 19.6 Å². The molecule has 32 heavy (non-hydrogen) atoms. The van der Waals surface area contributed by atoms with E-state index in [0.29, 0.717) is 11.8 Å². The number of fused-ring (bicyclic) bond motifs is 1. The van der Waals surface area contributed by atoms with Gasteiger partial charge in [-0.1, -0.05) is 63.3 Å². The zero-order chi connectivity index (χ0) is 22.1. The van der Waals surface area contributed by atoms with Crippen molar-refractivity contribution in [3.8, 4) is 11.1 Å². The molecule has 3 aromatic rings. The first kappa shape index (κ1) is 21.1. The van der Waals surface area contributed by atoms with Gasteiger partial charge in [0, 0.05) is 42.5 Å². The first-order chi connectivity index (χ1) is 15.6. The molecule has 2 atom stereocenters. The van der Waals surface area contributed by atoms with Crippen LogP contribution in [0.15, 0.2) is 66.7 Å². The number of aromatic nitrogens is 3. The molecule has 2 aliphatic rings. The number of allylic oxidation sites excluding steroid dienone is 4. The van der Waals surface area contributed by atoms with Gasteiger partial charge in [-0.25, -0.2) is 9.50 Å². The van der Waals surface area contributed by atoms with Gasteiger partial charge in [0.25, 0.3) is 0 Å². The third kappa shape index (κ3) is 4.42. The molecule has 1 aliphatic carbocycles. The number of benzene rings is 1. The maximum atomic E-state index is 4.82. The average molecular weight is 427 g/mol. The molecule has 5 rings (SSSR count). The van der Waals surface area contributed by atoms with Gasteiger partial charge in [-0.3, -0.25) is 0 Å². The molecule has 1 aliphatic heterocycles. The monoisotopic (exact) mass is 426 g/mol. The molecule has 3 heterocycles. The second kappa shape index (κ2) is 9.03. The molecular formula is C28H34N4. The van der Waals surface area contributed by atoms with E-state index < -0.39 is 0 Å². The highest BCUT2D eigenvalue weighted by molar-refractivity contribution is 5.64. The zero-order valence-electron chi connectivity index (χ0n) is 19.5. The van der Waals surface area contributed by atoms with Gasteiger partial charge in [-0.2, -0.15) is 5.10 Å². The van der Waals surface area contributed by atoms with Crippen molar-refractivity contribution in [3.63, 3.8) is 0 Å². The summed E-state index contributed by atoms with van der Waals surface area (Å²) >= 11 is 0. The van der Waals surface area contributed by atoms with E-state index >= 15 is 0 Å². The highest BCUT2D eigenvalue weighted by Crippen LogP contribution is 2.32. The number of rotatable bonds is 6. The van der Waals surface area contributed by atoms with E-state index in [1.54, 1.807) is 0 Å². The van der Waals surface area contributed by atoms with Crippen LogP contribution in [-0.4, -0.2) is 39.1 Å². The molecular weight excluding hydrogens is 392 g/mol. The minimum absolute atomic E-state index is 0.353. The summed E-state index contributed by atoms with van der Waals surface area (Å²) in [6, 6.07) is 8.97. The van der Waals surface area contributed by atoms with Crippen LogP contribution in [0.3, 0.4) is 0 Å². The van der Waals surface area contributed by atoms with Crippen molar-refractivity contribution in [3.05, 3.63) is 77.8 Å². The molecule has 0 amide bonds. The van der Waals surface area contributed by atoms with Crippen LogP contribution in [0.4, 0.5) is 0 Å². The Morgan fingerprint density at radius 1 is 1.09 bits per heavy atom. The fourth-order valence-corrected chi connectivity index (χ4v) is 4.99. The average Bonchev–Trinajstić information content (AvgIpc) is 3.43. The molecule has 0 N–H and O–H groups in total. The quantitative estimate of drug-likeness (QED) is 0.491. The van der Waals surface area contributed by atoms with Gasteiger partial charge in [0.1, 0.15) is 0 Å². The zero-order valence-corrected chi connectivity index (χ0v) is 19.5. The highest BCUT2D eigenvalue weighted by Gasteiger charge is 2.19. The minimum atomic E-state index is 0.353. The number of likely N-dealkylation sites (tertiary alicyclic amines) is 1. The summed E-state index contributed by atoms with van der Waals surface area (Å²) in [5.41, 5.74) is 7.28. The van der Waals surface area contributed by atoms with Crippen LogP contribution >= 0.6 is 0 Å². The lowest BCUT2D eigenvalue weighted by atomic mass is 9.87. The van der Waals surface area contributed by atoms with Gasteiger partial charge in [0.15, 0.2) is 5.65 Å². The Hall–Kier alpha value is -2.72. The molecule has 1 fully saturated rings. The van der Waals surface area contributed by atoms with Crippen molar-refractivity contribution >= 4 is 5.65 Å². The van der Waals surface area contributed by atoms with Crippen molar-refractivity contribution in [1.29, 1.82) is 0 Å². The molecule has 0 radical (unpaired) electrons. The first-order valence-corrected chi connectivity index (χ1v) is 12.1. The first-order valence-electron chi connectivity index (χ1n) is 12.1. The molecule has 2 unspecified atom stereocenters. The highest BCUT2D eigenvalue weighted by atomic mass is 15.2. The number of nitrogens with zero attached hydrogens (tertiary/aromatic N) is 4. The summed E-state index contributed by atoms with van der Waals surface area (Å²) in [4.78, 5) is 7.41. The summed E-state index contributed by atoms with van der Waals surface area (Å²) in [5, 5.41) is 4.64. The summed E-state index contributed by atoms with van der Waals surface area (Å²) < 4.78 is 1.94. The molecule has 0 spiro atoms. The summed E-state index contributed by atoms with van der Waals surface area (Å²) in [7, 11) is 0. The molecule has 4 nitrogen and oxygen atoms in total. The lowest BCUT2D eigenvalue weighted by Gasteiger charge is -2.18. The lowest BCUT2D eigenvalue weighted by Crippen LogP contribution is -2.22. The van der Waals surface area contributed by atoms with Gasteiger partial charge in [0.05, 0.1) is 6.20 Å². The number of hydrogen-bond acceptors (Lipinski definition) is 3. The van der Waals surface area contributed by atoms with Gasteiger partial charge < -0.3 is 4.90 Å². The van der Waals surface area contributed by atoms with Crippen molar-refractivity contribution in [2.45, 2.75) is 46.0 Å². The Morgan fingerprint density at radius 2 is 1.94 bits per heavy atom. The van der Waals surface area contributed by atoms with Crippen LogP contribution < -0.4 is 0 Å². The van der Waals surface area contributed by atoms with Crippen molar-refractivity contribution in [2.24, 2.45) is 11.8 Å². The van der Waals surface area contributed by atoms with E-state index in [1.807, 2.05) is 16.9 Å². The molecule has 1 aromatic carbocycles. The molecule has 2 aromatic heterocycles. The Balaban J connectivity index is 1.31. The standard InChI is InChI=1S/C28H34N4/c1-20(2)24-5-4-6-25(15-24)27-17-30-32-19-26(16-29-28(27)32)23-9-7-22(8-10-23)12-14-31-13-11-21(3)18-31/h4-5,7-10,15-17,19-21,25H,6,11-14,18H2,1-3H3. The molecule has 4 heteroatoms. The van der Waals surface area contributed by atoms with Crippen LogP contribution in [-0.2, 0) is 6.42 Å². The van der Waals surface area contributed by atoms with Gasteiger partial charge in [-0.15, -0.1) is 0 Å². The SMILES string of the molecule is CC1CCN(CCc2ccc(-c3cnc4c(C5C=C(C(C)C)C=CC5)cnn4c3)cc2)C1. The fourth-order valence-electron chi connectivity index (χ4n) is 4.99. The van der Waals surface area contributed by atoms with Crippen LogP contribution in [0.25, 0.3) is 16.8 Å².